The van der Waals surface area contributed by atoms with Gasteiger partial charge in [0.05, 0.1) is 9.79 Å². The molecule has 0 radical (unpaired) electrons. The smallest absolute Gasteiger partial charge is 0.322 e. The molecular weight excluding hydrogens is 332 g/mol. The Balaban J connectivity index is 2.37. The Morgan fingerprint density at radius 2 is 1.73 bits per heavy atom. The Morgan fingerprint density at radius 3 is 2.23 bits per heavy atom. The van der Waals surface area contributed by atoms with Crippen molar-refractivity contribution < 1.29 is 26.7 Å². The number of carbonyl (C=O) groups is 1. The number of nitrogens with zero attached hydrogens (tertiary/aromatic N) is 1. The van der Waals surface area contributed by atoms with E-state index < -0.39 is 32.1 Å². The second kappa shape index (κ2) is 5.95. The molecule has 2 N–H and O–H groups in total. The van der Waals surface area contributed by atoms with E-state index in [9.17, 15) is 21.6 Å². The Hall–Kier alpha value is -1.49. The molecule has 0 aromatic heterocycles. The van der Waals surface area contributed by atoms with E-state index in [4.69, 9.17) is 5.11 Å². The molecule has 0 unspecified atom stereocenters. The standard InChI is InChI=1S/C12H16N2O6S2/c1-13-21(17,18)9-4-6-10(7-5-9)22(19,20)14-8-2-3-11(14)12(15)16/h4-7,11,13H,2-3,8H2,1H3,(H,15,16)/t11-/m1/s1. The van der Waals surface area contributed by atoms with Crippen LogP contribution in [0.5, 0.6) is 0 Å². The van der Waals surface area contributed by atoms with Gasteiger partial charge in [-0.2, -0.15) is 4.31 Å². The highest BCUT2D eigenvalue weighted by atomic mass is 32.2. The van der Waals surface area contributed by atoms with E-state index in [0.717, 1.165) is 16.4 Å². The second-order valence-corrected chi connectivity index (χ2v) is 8.57. The van der Waals surface area contributed by atoms with Crippen molar-refractivity contribution in [3.63, 3.8) is 0 Å². The van der Waals surface area contributed by atoms with Gasteiger partial charge in [-0.3, -0.25) is 4.79 Å². The molecule has 0 aliphatic carbocycles. The van der Waals surface area contributed by atoms with Gasteiger partial charge in [-0.05, 0) is 44.2 Å². The maximum Gasteiger partial charge on any atom is 0.322 e. The average molecular weight is 348 g/mol. The van der Waals surface area contributed by atoms with Crippen molar-refractivity contribution in [1.29, 1.82) is 0 Å². The maximum absolute atomic E-state index is 12.5. The summed E-state index contributed by atoms with van der Waals surface area (Å²) in [7, 11) is -6.37. The lowest BCUT2D eigenvalue weighted by molar-refractivity contribution is -0.140. The molecule has 10 heteroatoms. The van der Waals surface area contributed by atoms with Crippen LogP contribution < -0.4 is 4.72 Å². The molecule has 1 aliphatic rings. The van der Waals surface area contributed by atoms with Crippen LogP contribution in [0.4, 0.5) is 0 Å². The molecule has 1 atom stereocenters. The molecule has 0 bridgehead atoms. The van der Waals surface area contributed by atoms with Crippen LogP contribution in [0.15, 0.2) is 34.1 Å². The molecular formula is C12H16N2O6S2. The summed E-state index contributed by atoms with van der Waals surface area (Å²) < 4.78 is 51.2. The summed E-state index contributed by atoms with van der Waals surface area (Å²) >= 11 is 0. The number of hydrogen-bond donors (Lipinski definition) is 2. The second-order valence-electron chi connectivity index (χ2n) is 4.79. The van der Waals surface area contributed by atoms with Crippen molar-refractivity contribution in [2.24, 2.45) is 0 Å². The number of nitrogens with one attached hydrogen (secondary N) is 1. The average Bonchev–Trinajstić information content (AvgIpc) is 2.98. The summed E-state index contributed by atoms with van der Waals surface area (Å²) in [5, 5.41) is 9.08. The lowest BCUT2D eigenvalue weighted by Crippen LogP contribution is -2.40. The van der Waals surface area contributed by atoms with Gasteiger partial charge in [0.15, 0.2) is 0 Å². The zero-order valence-corrected chi connectivity index (χ0v) is 13.4. The number of rotatable bonds is 5. The van der Waals surface area contributed by atoms with Crippen molar-refractivity contribution in [3.05, 3.63) is 24.3 Å². The fourth-order valence-electron chi connectivity index (χ4n) is 2.32. The third-order valence-electron chi connectivity index (χ3n) is 3.50. The number of sulfonamides is 2. The van der Waals surface area contributed by atoms with E-state index in [-0.39, 0.29) is 22.8 Å². The van der Waals surface area contributed by atoms with Gasteiger partial charge < -0.3 is 5.11 Å². The molecule has 1 aromatic rings. The third kappa shape index (κ3) is 3.00. The summed E-state index contributed by atoms with van der Waals surface area (Å²) in [5.41, 5.74) is 0. The van der Waals surface area contributed by atoms with E-state index in [1.54, 1.807) is 0 Å². The molecule has 1 heterocycles. The predicted molar refractivity (Wildman–Crippen MR) is 77.2 cm³/mol. The van der Waals surface area contributed by atoms with Gasteiger partial charge in [0.25, 0.3) is 0 Å². The van der Waals surface area contributed by atoms with E-state index in [2.05, 4.69) is 4.72 Å². The molecule has 0 amide bonds. The van der Waals surface area contributed by atoms with Gasteiger partial charge in [-0.1, -0.05) is 0 Å². The fraction of sp³-hybridized carbons (Fsp3) is 0.417. The van der Waals surface area contributed by atoms with Crippen molar-refractivity contribution >= 4 is 26.0 Å². The first kappa shape index (κ1) is 16.9. The lowest BCUT2D eigenvalue weighted by atomic mass is 10.2. The topological polar surface area (TPSA) is 121 Å². The first-order valence-electron chi connectivity index (χ1n) is 6.48. The van der Waals surface area contributed by atoms with Crippen LogP contribution in [0.1, 0.15) is 12.8 Å². The van der Waals surface area contributed by atoms with E-state index >= 15 is 0 Å². The summed E-state index contributed by atoms with van der Waals surface area (Å²) in [6, 6.07) is 3.59. The number of carboxylic acids is 1. The molecule has 122 valence electrons. The van der Waals surface area contributed by atoms with Crippen LogP contribution in [0.3, 0.4) is 0 Å². The zero-order valence-electron chi connectivity index (χ0n) is 11.8. The van der Waals surface area contributed by atoms with Crippen molar-refractivity contribution in [3.8, 4) is 0 Å². The fourth-order valence-corrected chi connectivity index (χ4v) is 4.70. The summed E-state index contributed by atoms with van der Waals surface area (Å²) in [4.78, 5) is 10.9. The third-order valence-corrected chi connectivity index (χ3v) is 6.85. The summed E-state index contributed by atoms with van der Waals surface area (Å²) in [6.07, 6.45) is 0.739. The Kier molecular flexibility index (Phi) is 4.57. The number of carboxylic acid groups (broad SMARTS) is 1. The van der Waals surface area contributed by atoms with Gasteiger partial charge in [-0.25, -0.2) is 21.6 Å². The van der Waals surface area contributed by atoms with Gasteiger partial charge in [0.2, 0.25) is 20.0 Å². The lowest BCUT2D eigenvalue weighted by Gasteiger charge is -2.21. The highest BCUT2D eigenvalue weighted by molar-refractivity contribution is 7.89. The predicted octanol–water partition coefficient (Wildman–Crippen LogP) is -0.168. The van der Waals surface area contributed by atoms with Gasteiger partial charge in [-0.15, -0.1) is 0 Å². The molecule has 2 rings (SSSR count). The molecule has 8 nitrogen and oxygen atoms in total. The Morgan fingerprint density at radius 1 is 1.18 bits per heavy atom. The molecule has 22 heavy (non-hydrogen) atoms. The monoisotopic (exact) mass is 348 g/mol. The van der Waals surface area contributed by atoms with Gasteiger partial charge in [0.1, 0.15) is 6.04 Å². The minimum absolute atomic E-state index is 0.0647. The normalized spacial score (nSPS) is 20.1. The summed E-state index contributed by atoms with van der Waals surface area (Å²) in [5.74, 6) is -1.18. The van der Waals surface area contributed by atoms with Crippen LogP contribution in [-0.4, -0.2) is 51.9 Å². The highest BCUT2D eigenvalue weighted by Gasteiger charge is 2.39. The van der Waals surface area contributed by atoms with Crippen LogP contribution >= 0.6 is 0 Å². The first-order chi connectivity index (χ1) is 10.2. The Bertz CT molecular complexity index is 770. The molecule has 1 fully saturated rings. The van der Waals surface area contributed by atoms with Crippen molar-refractivity contribution in [1.82, 2.24) is 9.03 Å². The van der Waals surface area contributed by atoms with E-state index in [1.165, 1.54) is 19.2 Å². The van der Waals surface area contributed by atoms with Crippen LogP contribution in [-0.2, 0) is 24.8 Å². The minimum Gasteiger partial charge on any atom is -0.480 e. The quantitative estimate of drug-likeness (QED) is 0.762. The number of benzene rings is 1. The van der Waals surface area contributed by atoms with Crippen LogP contribution in [0.2, 0.25) is 0 Å². The summed E-state index contributed by atoms with van der Waals surface area (Å²) in [6.45, 7) is 0.135. The van der Waals surface area contributed by atoms with E-state index in [0.29, 0.717) is 6.42 Å². The number of hydrogen-bond acceptors (Lipinski definition) is 5. The molecule has 1 aliphatic heterocycles. The molecule has 0 spiro atoms. The van der Waals surface area contributed by atoms with Crippen LogP contribution in [0, 0.1) is 0 Å². The zero-order chi connectivity index (χ0) is 16.5. The maximum atomic E-state index is 12.5. The van der Waals surface area contributed by atoms with Gasteiger partial charge in [0, 0.05) is 6.54 Å². The number of aliphatic carboxylic acids is 1. The largest absolute Gasteiger partial charge is 0.480 e. The van der Waals surface area contributed by atoms with Crippen LogP contribution in [0.25, 0.3) is 0 Å². The van der Waals surface area contributed by atoms with E-state index in [1.807, 2.05) is 0 Å². The SMILES string of the molecule is CNS(=O)(=O)c1ccc(S(=O)(=O)N2CCC[C@@H]2C(=O)O)cc1. The first-order valence-corrected chi connectivity index (χ1v) is 9.41. The highest BCUT2D eigenvalue weighted by Crippen LogP contribution is 2.26. The molecule has 1 saturated heterocycles. The minimum atomic E-state index is -3.96. The van der Waals surface area contributed by atoms with Crippen molar-refractivity contribution in [2.75, 3.05) is 13.6 Å². The van der Waals surface area contributed by atoms with Crippen molar-refractivity contribution in [2.45, 2.75) is 28.7 Å². The molecule has 0 saturated carbocycles. The molecule has 1 aromatic carbocycles. The Labute approximate surface area is 128 Å². The van der Waals surface area contributed by atoms with Gasteiger partial charge >= 0.3 is 5.97 Å².